The van der Waals surface area contributed by atoms with Crippen LogP contribution in [0.2, 0.25) is 0 Å². The highest BCUT2D eigenvalue weighted by Gasteiger charge is 2.35. The summed E-state index contributed by atoms with van der Waals surface area (Å²) < 4.78 is 0. The molecule has 6 heteroatoms. The van der Waals surface area contributed by atoms with Crippen molar-refractivity contribution in [3.05, 3.63) is 264 Å². The van der Waals surface area contributed by atoms with E-state index in [-0.39, 0.29) is 23.7 Å². The molecule has 62 heavy (non-hydrogen) atoms. The van der Waals surface area contributed by atoms with Gasteiger partial charge in [-0.15, -0.1) is 0 Å². The van der Waals surface area contributed by atoms with Gasteiger partial charge in [0, 0.05) is 57.6 Å². The zero-order valence-electron chi connectivity index (χ0n) is 34.1. The van der Waals surface area contributed by atoms with E-state index in [1.54, 1.807) is 0 Å². The van der Waals surface area contributed by atoms with E-state index in [9.17, 15) is 9.59 Å². The lowest BCUT2D eigenvalue weighted by atomic mass is 9.92. The van der Waals surface area contributed by atoms with Crippen LogP contribution in [-0.4, -0.2) is 23.2 Å². The number of aliphatic imine (C=N–C) groups is 2. The van der Waals surface area contributed by atoms with Crippen LogP contribution < -0.4 is 9.80 Å². The van der Waals surface area contributed by atoms with Crippen LogP contribution in [0.15, 0.2) is 241 Å². The first-order valence-electron chi connectivity index (χ1n) is 20.9. The first kappa shape index (κ1) is 39.5. The van der Waals surface area contributed by atoms with Crippen LogP contribution >= 0.6 is 0 Å². The topological polar surface area (TPSA) is 65.3 Å². The fraction of sp³-hybridized carbons (Fsp3) is 0.0714. The van der Waals surface area contributed by atoms with E-state index in [1.807, 2.05) is 170 Å². The number of fused-ring (bicyclic) bond motifs is 2. The van der Waals surface area contributed by atoms with Crippen LogP contribution in [0.3, 0.4) is 0 Å². The number of para-hydroxylation sites is 4. The third kappa shape index (κ3) is 8.53. The molecule has 0 N–H and O–H groups in total. The van der Waals surface area contributed by atoms with Gasteiger partial charge in [-0.05, 0) is 36.4 Å². The Balaban J connectivity index is 0.000000158. The number of carbonyl (C=O) groups excluding carboxylic acids is 2. The predicted octanol–water partition coefficient (Wildman–Crippen LogP) is 13.2. The summed E-state index contributed by atoms with van der Waals surface area (Å²) >= 11 is 0. The third-order valence-electron chi connectivity index (χ3n) is 11.2. The highest BCUT2D eigenvalue weighted by Crippen LogP contribution is 2.43. The number of rotatable bonds is 10. The lowest BCUT2D eigenvalue weighted by Crippen LogP contribution is -2.39. The summed E-state index contributed by atoms with van der Waals surface area (Å²) in [5, 5.41) is 0. The molecule has 0 bridgehead atoms. The molecule has 300 valence electrons. The molecule has 0 aliphatic carbocycles. The summed E-state index contributed by atoms with van der Waals surface area (Å²) in [5.41, 5.74) is 9.52. The normalized spacial score (nSPS) is 15.2. The molecule has 0 aromatic heterocycles. The molecule has 8 aromatic rings. The second-order valence-electron chi connectivity index (χ2n) is 15.1. The van der Waals surface area contributed by atoms with Crippen molar-refractivity contribution in [2.24, 2.45) is 9.98 Å². The van der Waals surface area contributed by atoms with E-state index in [4.69, 9.17) is 9.98 Å². The average molecular weight is 805 g/mol. The first-order valence-corrected chi connectivity index (χ1v) is 20.9. The second-order valence-corrected chi connectivity index (χ2v) is 15.1. The van der Waals surface area contributed by atoms with Gasteiger partial charge in [-0.25, -0.2) is 9.98 Å². The van der Waals surface area contributed by atoms with Crippen molar-refractivity contribution < 1.29 is 9.59 Å². The van der Waals surface area contributed by atoms with Crippen molar-refractivity contribution in [2.75, 3.05) is 9.80 Å². The van der Waals surface area contributed by atoms with Crippen molar-refractivity contribution in [3.63, 3.8) is 0 Å². The number of anilines is 2. The zero-order chi connectivity index (χ0) is 42.1. The van der Waals surface area contributed by atoms with Gasteiger partial charge in [0.2, 0.25) is 0 Å². The van der Waals surface area contributed by atoms with Gasteiger partial charge in [0.25, 0.3) is 0 Å². The Hall–Kier alpha value is -7.96. The minimum atomic E-state index is -0.154. The molecule has 0 amide bonds. The quantitative estimate of drug-likeness (QED) is 0.129. The van der Waals surface area contributed by atoms with Gasteiger partial charge in [-0.2, -0.15) is 0 Å². The van der Waals surface area contributed by atoms with Crippen LogP contribution in [-0.2, 0) is 0 Å². The summed E-state index contributed by atoms with van der Waals surface area (Å²) in [5.74, 6) is 1.96. The first-order chi connectivity index (χ1) is 30.6. The molecule has 8 aromatic carbocycles. The van der Waals surface area contributed by atoms with E-state index in [0.717, 1.165) is 67.8 Å². The standard InChI is InChI=1S/2C28H22N2O/c2*31-27(21-12-4-1-5-13-21)20-26-24-18-10-11-19-25(24)29-28(22-14-6-2-7-15-22)30(26)23-16-8-3-9-17-23/h2*1-19,26H,20H2/t2*26-/m00/s1. The summed E-state index contributed by atoms with van der Waals surface area (Å²) in [6, 6.07) is 75.8. The van der Waals surface area contributed by atoms with Crippen LogP contribution in [0, 0.1) is 0 Å². The van der Waals surface area contributed by atoms with E-state index >= 15 is 0 Å². The van der Waals surface area contributed by atoms with Crippen LogP contribution in [0.1, 0.15) is 67.9 Å². The summed E-state index contributed by atoms with van der Waals surface area (Å²) in [7, 11) is 0. The largest absolute Gasteiger partial charge is 0.318 e. The van der Waals surface area contributed by atoms with Gasteiger partial charge in [0.1, 0.15) is 11.7 Å². The molecule has 2 atom stereocenters. The minimum absolute atomic E-state index is 0.121. The van der Waals surface area contributed by atoms with E-state index < -0.39 is 0 Å². The molecular weight excluding hydrogens is 761 g/mol. The fourth-order valence-corrected chi connectivity index (χ4v) is 8.25. The number of ketones is 2. The summed E-state index contributed by atoms with van der Waals surface area (Å²) in [6.07, 6.45) is 0.726. The Morgan fingerprint density at radius 2 is 0.645 bits per heavy atom. The maximum absolute atomic E-state index is 13.3. The van der Waals surface area contributed by atoms with Gasteiger partial charge in [0.05, 0.1) is 23.5 Å². The van der Waals surface area contributed by atoms with Crippen molar-refractivity contribution >= 4 is 46.0 Å². The third-order valence-corrected chi connectivity index (χ3v) is 11.2. The zero-order valence-corrected chi connectivity index (χ0v) is 34.1. The maximum atomic E-state index is 13.3. The Kier molecular flexibility index (Phi) is 11.8. The van der Waals surface area contributed by atoms with E-state index in [1.165, 1.54) is 0 Å². The smallest absolute Gasteiger partial charge is 0.165 e. The predicted molar refractivity (Wildman–Crippen MR) is 252 cm³/mol. The molecule has 0 saturated heterocycles. The van der Waals surface area contributed by atoms with Gasteiger partial charge < -0.3 is 9.80 Å². The number of hydrogen-bond donors (Lipinski definition) is 0. The van der Waals surface area contributed by atoms with Crippen LogP contribution in [0.5, 0.6) is 0 Å². The molecule has 2 aliphatic heterocycles. The molecule has 0 spiro atoms. The number of Topliss-reactive ketones (excluding diaryl/α,β-unsaturated/α-hetero) is 2. The molecular formula is C56H44N4O2. The Morgan fingerprint density at radius 1 is 0.355 bits per heavy atom. The van der Waals surface area contributed by atoms with Gasteiger partial charge in [-0.3, -0.25) is 9.59 Å². The number of carbonyl (C=O) groups is 2. The van der Waals surface area contributed by atoms with Gasteiger partial charge in [0.15, 0.2) is 11.6 Å². The van der Waals surface area contributed by atoms with Gasteiger partial charge in [-0.1, -0.05) is 194 Å². The van der Waals surface area contributed by atoms with Crippen LogP contribution in [0.25, 0.3) is 0 Å². The molecule has 0 radical (unpaired) electrons. The Bertz CT molecular complexity index is 2630. The van der Waals surface area contributed by atoms with Crippen molar-refractivity contribution in [2.45, 2.75) is 24.9 Å². The molecule has 2 aliphatic rings. The van der Waals surface area contributed by atoms with Crippen molar-refractivity contribution in [3.8, 4) is 0 Å². The molecule has 0 saturated carbocycles. The molecule has 6 nitrogen and oxygen atoms in total. The Morgan fingerprint density at radius 3 is 1.00 bits per heavy atom. The monoisotopic (exact) mass is 804 g/mol. The summed E-state index contributed by atoms with van der Waals surface area (Å²) in [6.45, 7) is 0. The molecule has 0 fully saturated rings. The molecule has 10 rings (SSSR count). The highest BCUT2D eigenvalue weighted by molar-refractivity contribution is 6.14. The average Bonchev–Trinajstić information content (AvgIpc) is 3.35. The maximum Gasteiger partial charge on any atom is 0.165 e. The summed E-state index contributed by atoms with van der Waals surface area (Å²) in [4.78, 5) is 41.0. The van der Waals surface area contributed by atoms with Crippen molar-refractivity contribution in [1.29, 1.82) is 0 Å². The van der Waals surface area contributed by atoms with Crippen molar-refractivity contribution in [1.82, 2.24) is 0 Å². The molecule has 0 unspecified atom stereocenters. The van der Waals surface area contributed by atoms with Gasteiger partial charge >= 0.3 is 0 Å². The minimum Gasteiger partial charge on any atom is -0.318 e. The van der Waals surface area contributed by atoms with E-state index in [2.05, 4.69) is 70.5 Å². The number of amidine groups is 2. The molecule has 2 heterocycles. The lowest BCUT2D eigenvalue weighted by molar-refractivity contribution is 0.0966. The number of benzene rings is 8. The SMILES string of the molecule is O=C(C[C@H]1c2ccccc2N=C(c2ccccc2)N1c1ccccc1)c1ccccc1.O=C(C[C@H]1c2ccccc2N=C(c2ccccc2)N1c1ccccc1)c1ccccc1. The second kappa shape index (κ2) is 18.5. The van der Waals surface area contributed by atoms with Crippen LogP contribution in [0.4, 0.5) is 22.7 Å². The Labute approximate surface area is 362 Å². The lowest BCUT2D eigenvalue weighted by Gasteiger charge is -2.38. The number of nitrogens with zero attached hydrogens (tertiary/aromatic N) is 4. The highest BCUT2D eigenvalue weighted by atomic mass is 16.1. The van der Waals surface area contributed by atoms with E-state index in [0.29, 0.717) is 12.8 Å². The fourth-order valence-electron chi connectivity index (χ4n) is 8.25. The number of hydrogen-bond acceptors (Lipinski definition) is 6.